The van der Waals surface area contributed by atoms with E-state index < -0.39 is 0 Å². The molecule has 2 aromatic heterocycles. The smallest absolute Gasteiger partial charge is 0.408 e. The highest BCUT2D eigenvalue weighted by Crippen LogP contribution is 2.29. The monoisotopic (exact) mass is 351 g/mol. The standard InChI is InChI=1S/C20H21N3O3/c24-19(23(16-7-8-16)14-15-9-11-21-12-10-15)6-3-13-22-17-4-1-2-5-18(17)26-20(22)25/h1-2,4-5,9-12,16H,3,6-8,13-14H2. The number of pyridine rings is 1. The second-order valence-corrected chi connectivity index (χ2v) is 6.70. The number of benzene rings is 1. The van der Waals surface area contributed by atoms with E-state index in [0.29, 0.717) is 37.6 Å². The summed E-state index contributed by atoms with van der Waals surface area (Å²) in [4.78, 5) is 30.7. The average molecular weight is 351 g/mol. The quantitative estimate of drug-likeness (QED) is 0.656. The van der Waals surface area contributed by atoms with Crippen LogP contribution in [-0.2, 0) is 17.9 Å². The van der Waals surface area contributed by atoms with Gasteiger partial charge in [0.25, 0.3) is 0 Å². The summed E-state index contributed by atoms with van der Waals surface area (Å²) in [5, 5.41) is 0. The zero-order chi connectivity index (χ0) is 17.9. The molecule has 134 valence electrons. The zero-order valence-electron chi connectivity index (χ0n) is 14.5. The van der Waals surface area contributed by atoms with Gasteiger partial charge in [-0.1, -0.05) is 12.1 Å². The Balaban J connectivity index is 1.39. The SMILES string of the molecule is O=C(CCCn1c(=O)oc2ccccc21)N(Cc1ccncc1)C1CC1. The van der Waals surface area contributed by atoms with Crippen LogP contribution in [0.4, 0.5) is 0 Å². The largest absolute Gasteiger partial charge is 0.419 e. The lowest BCUT2D eigenvalue weighted by Crippen LogP contribution is -2.32. The van der Waals surface area contributed by atoms with E-state index in [-0.39, 0.29) is 11.7 Å². The molecule has 0 saturated heterocycles. The number of hydrogen-bond donors (Lipinski definition) is 0. The van der Waals surface area contributed by atoms with Crippen molar-refractivity contribution in [2.45, 2.75) is 44.8 Å². The predicted octanol–water partition coefficient (Wildman–Crippen LogP) is 2.96. The van der Waals surface area contributed by atoms with E-state index in [1.165, 1.54) is 0 Å². The van der Waals surface area contributed by atoms with Gasteiger partial charge in [-0.3, -0.25) is 14.3 Å². The zero-order valence-corrected chi connectivity index (χ0v) is 14.5. The van der Waals surface area contributed by atoms with Crippen LogP contribution in [0.1, 0.15) is 31.2 Å². The molecule has 0 bridgehead atoms. The average Bonchev–Trinajstić information content (AvgIpc) is 3.45. The first-order valence-electron chi connectivity index (χ1n) is 8.99. The van der Waals surface area contributed by atoms with E-state index >= 15 is 0 Å². The van der Waals surface area contributed by atoms with Crippen LogP contribution in [-0.4, -0.2) is 26.4 Å². The van der Waals surface area contributed by atoms with Crippen molar-refractivity contribution in [1.82, 2.24) is 14.5 Å². The molecule has 6 heteroatoms. The van der Waals surface area contributed by atoms with Crippen molar-refractivity contribution in [2.24, 2.45) is 0 Å². The Morgan fingerprint density at radius 3 is 2.73 bits per heavy atom. The van der Waals surface area contributed by atoms with Gasteiger partial charge in [-0.2, -0.15) is 0 Å². The summed E-state index contributed by atoms with van der Waals surface area (Å²) >= 11 is 0. The van der Waals surface area contributed by atoms with Crippen molar-refractivity contribution in [3.8, 4) is 0 Å². The third kappa shape index (κ3) is 3.54. The summed E-state index contributed by atoms with van der Waals surface area (Å²) in [6.45, 7) is 1.11. The van der Waals surface area contributed by atoms with Crippen molar-refractivity contribution in [3.05, 3.63) is 64.9 Å². The lowest BCUT2D eigenvalue weighted by molar-refractivity contribution is -0.132. The number of carbonyl (C=O) groups excluding carboxylic acids is 1. The number of aryl methyl sites for hydroxylation is 1. The highest BCUT2D eigenvalue weighted by atomic mass is 16.4. The van der Waals surface area contributed by atoms with Gasteiger partial charge in [0.05, 0.1) is 5.52 Å². The van der Waals surface area contributed by atoms with E-state index in [9.17, 15) is 9.59 Å². The van der Waals surface area contributed by atoms with Crippen LogP contribution >= 0.6 is 0 Å². The Labute approximate surface area is 151 Å². The lowest BCUT2D eigenvalue weighted by Gasteiger charge is -2.22. The van der Waals surface area contributed by atoms with E-state index in [1.807, 2.05) is 35.2 Å². The topological polar surface area (TPSA) is 68.3 Å². The van der Waals surface area contributed by atoms with Gasteiger partial charge in [0.1, 0.15) is 0 Å². The van der Waals surface area contributed by atoms with Crippen LogP contribution in [0.15, 0.2) is 58.0 Å². The van der Waals surface area contributed by atoms with E-state index in [0.717, 1.165) is 23.9 Å². The summed E-state index contributed by atoms with van der Waals surface area (Å²) in [5.74, 6) is -0.223. The predicted molar refractivity (Wildman–Crippen MR) is 97.5 cm³/mol. The molecular formula is C20H21N3O3. The minimum Gasteiger partial charge on any atom is -0.408 e. The van der Waals surface area contributed by atoms with Crippen LogP contribution in [0, 0.1) is 0 Å². The first-order valence-corrected chi connectivity index (χ1v) is 8.99. The number of para-hydroxylation sites is 2. The highest BCUT2D eigenvalue weighted by Gasteiger charge is 2.32. The fourth-order valence-corrected chi connectivity index (χ4v) is 3.25. The first-order chi connectivity index (χ1) is 12.7. The van der Waals surface area contributed by atoms with Crippen LogP contribution < -0.4 is 5.76 Å². The lowest BCUT2D eigenvalue weighted by atomic mass is 10.2. The minimum atomic E-state index is -0.366. The highest BCUT2D eigenvalue weighted by molar-refractivity contribution is 5.77. The number of hydrogen-bond acceptors (Lipinski definition) is 4. The van der Waals surface area contributed by atoms with Gasteiger partial charge >= 0.3 is 5.76 Å². The maximum absolute atomic E-state index is 12.7. The van der Waals surface area contributed by atoms with Gasteiger partial charge in [-0.15, -0.1) is 0 Å². The van der Waals surface area contributed by atoms with Crippen molar-refractivity contribution in [2.75, 3.05) is 0 Å². The summed E-state index contributed by atoms with van der Waals surface area (Å²) in [6.07, 6.45) is 6.68. The molecular weight excluding hydrogens is 330 g/mol. The Kier molecular flexibility index (Phi) is 4.56. The Bertz CT molecular complexity index is 957. The third-order valence-electron chi connectivity index (χ3n) is 4.76. The molecule has 2 heterocycles. The molecule has 0 N–H and O–H groups in total. The number of oxazole rings is 1. The Morgan fingerprint density at radius 2 is 1.96 bits per heavy atom. The van der Waals surface area contributed by atoms with Gasteiger partial charge in [0.2, 0.25) is 5.91 Å². The summed E-state index contributed by atoms with van der Waals surface area (Å²) < 4.78 is 6.84. The molecule has 1 amide bonds. The third-order valence-corrected chi connectivity index (χ3v) is 4.76. The normalized spacial score (nSPS) is 13.8. The van der Waals surface area contributed by atoms with Gasteiger partial charge in [0, 0.05) is 37.9 Å². The maximum atomic E-state index is 12.7. The van der Waals surface area contributed by atoms with E-state index in [1.54, 1.807) is 23.0 Å². The maximum Gasteiger partial charge on any atom is 0.419 e. The van der Waals surface area contributed by atoms with Crippen LogP contribution in [0.25, 0.3) is 11.1 Å². The number of aromatic nitrogens is 2. The number of carbonyl (C=O) groups is 1. The molecule has 0 unspecified atom stereocenters. The molecule has 0 radical (unpaired) electrons. The van der Waals surface area contributed by atoms with Gasteiger partial charge in [-0.05, 0) is 49.1 Å². The van der Waals surface area contributed by atoms with Crippen molar-refractivity contribution >= 4 is 17.0 Å². The molecule has 4 rings (SSSR count). The van der Waals surface area contributed by atoms with Gasteiger partial charge in [-0.25, -0.2) is 4.79 Å². The molecule has 0 spiro atoms. The molecule has 1 fully saturated rings. The second-order valence-electron chi connectivity index (χ2n) is 6.70. The number of nitrogens with zero attached hydrogens (tertiary/aromatic N) is 3. The number of amides is 1. The first kappa shape index (κ1) is 16.6. The van der Waals surface area contributed by atoms with Crippen molar-refractivity contribution in [1.29, 1.82) is 0 Å². The second kappa shape index (κ2) is 7.15. The summed E-state index contributed by atoms with van der Waals surface area (Å²) in [5.41, 5.74) is 2.46. The fourth-order valence-electron chi connectivity index (χ4n) is 3.25. The molecule has 6 nitrogen and oxygen atoms in total. The molecule has 0 aliphatic heterocycles. The Morgan fingerprint density at radius 1 is 1.19 bits per heavy atom. The molecule has 1 aliphatic rings. The summed E-state index contributed by atoms with van der Waals surface area (Å²) in [6, 6.07) is 11.6. The molecule has 1 aliphatic carbocycles. The molecule has 1 aromatic carbocycles. The van der Waals surface area contributed by atoms with Gasteiger partial charge < -0.3 is 9.32 Å². The van der Waals surface area contributed by atoms with Crippen LogP contribution in [0.3, 0.4) is 0 Å². The molecule has 26 heavy (non-hydrogen) atoms. The van der Waals surface area contributed by atoms with Crippen LogP contribution in [0.2, 0.25) is 0 Å². The molecule has 0 atom stereocenters. The van der Waals surface area contributed by atoms with Crippen molar-refractivity contribution < 1.29 is 9.21 Å². The van der Waals surface area contributed by atoms with E-state index in [2.05, 4.69) is 4.98 Å². The summed E-state index contributed by atoms with van der Waals surface area (Å²) in [7, 11) is 0. The Hall–Kier alpha value is -2.89. The minimum absolute atomic E-state index is 0.144. The number of rotatable bonds is 7. The molecule has 1 saturated carbocycles. The van der Waals surface area contributed by atoms with Gasteiger partial charge in [0.15, 0.2) is 5.58 Å². The fraction of sp³-hybridized carbons (Fsp3) is 0.350. The molecule has 3 aromatic rings. The number of fused-ring (bicyclic) bond motifs is 1. The van der Waals surface area contributed by atoms with E-state index in [4.69, 9.17) is 4.42 Å². The van der Waals surface area contributed by atoms with Crippen molar-refractivity contribution in [3.63, 3.8) is 0 Å². The van der Waals surface area contributed by atoms with Crippen LogP contribution in [0.5, 0.6) is 0 Å².